The van der Waals surface area contributed by atoms with Crippen LogP contribution in [-0.4, -0.2) is 41.1 Å². The van der Waals surface area contributed by atoms with E-state index in [1.165, 1.54) is 0 Å². The van der Waals surface area contributed by atoms with E-state index >= 15 is 0 Å². The Kier molecular flexibility index (Phi) is 7.81. The Hall–Kier alpha value is -1.57. The fourth-order valence-corrected chi connectivity index (χ4v) is 2.29. The van der Waals surface area contributed by atoms with Gasteiger partial charge in [0.2, 0.25) is 5.91 Å². The molecule has 5 N–H and O–H groups in total. The predicted molar refractivity (Wildman–Crippen MR) is 83.0 cm³/mol. The molecule has 0 aliphatic carbocycles. The zero-order chi connectivity index (χ0) is 15.7. The Morgan fingerprint density at radius 3 is 2.52 bits per heavy atom. The molecule has 2 amide bonds. The second-order valence-corrected chi connectivity index (χ2v) is 5.60. The average molecular weight is 311 g/mol. The molecular formula is C14H21N3O3S. The van der Waals surface area contributed by atoms with Gasteiger partial charge in [-0.15, -0.1) is 0 Å². The maximum Gasteiger partial charge on any atom is 0.265 e. The number of hydrogen-bond acceptors (Lipinski definition) is 5. The molecule has 1 rings (SSSR count). The number of amides is 2. The highest BCUT2D eigenvalue weighted by molar-refractivity contribution is 7.98. The van der Waals surface area contributed by atoms with Gasteiger partial charge in [-0.1, -0.05) is 30.3 Å². The molecule has 6 nitrogen and oxygen atoms in total. The number of benzene rings is 1. The minimum absolute atomic E-state index is 0.392. The topological polar surface area (TPSA) is 104 Å². The Balaban J connectivity index is 2.57. The SMILES string of the molecule is CSCCC(NC(=O)C(N)Cc1ccccc1)C(=O)NO. The van der Waals surface area contributed by atoms with Gasteiger partial charge in [-0.25, -0.2) is 5.48 Å². The van der Waals surface area contributed by atoms with E-state index in [9.17, 15) is 9.59 Å². The van der Waals surface area contributed by atoms with Gasteiger partial charge >= 0.3 is 0 Å². The Morgan fingerprint density at radius 1 is 1.29 bits per heavy atom. The van der Waals surface area contributed by atoms with Crippen LogP contribution >= 0.6 is 11.8 Å². The Labute approximate surface area is 128 Å². The quantitative estimate of drug-likeness (QED) is 0.408. The summed E-state index contributed by atoms with van der Waals surface area (Å²) in [6, 6.07) is 7.89. The van der Waals surface area contributed by atoms with Crippen LogP contribution in [0.15, 0.2) is 30.3 Å². The normalized spacial score (nSPS) is 13.3. The van der Waals surface area contributed by atoms with Gasteiger partial charge in [0.1, 0.15) is 6.04 Å². The van der Waals surface area contributed by atoms with E-state index in [2.05, 4.69) is 5.32 Å². The van der Waals surface area contributed by atoms with Gasteiger partial charge in [0.15, 0.2) is 0 Å². The highest BCUT2D eigenvalue weighted by atomic mass is 32.2. The molecule has 0 heterocycles. The lowest BCUT2D eigenvalue weighted by molar-refractivity contribution is -0.135. The molecule has 0 saturated carbocycles. The first kappa shape index (κ1) is 17.5. The molecule has 0 radical (unpaired) electrons. The van der Waals surface area contributed by atoms with Crippen molar-refractivity contribution in [1.29, 1.82) is 0 Å². The van der Waals surface area contributed by atoms with Gasteiger partial charge in [0.25, 0.3) is 5.91 Å². The Morgan fingerprint density at radius 2 is 1.95 bits per heavy atom. The predicted octanol–water partition coefficient (Wildman–Crippen LogP) is 0.300. The molecule has 116 valence electrons. The molecule has 7 heteroatoms. The van der Waals surface area contributed by atoms with Crippen molar-refractivity contribution in [3.63, 3.8) is 0 Å². The maximum atomic E-state index is 12.0. The number of nitrogens with one attached hydrogen (secondary N) is 2. The molecule has 0 aliphatic rings. The van der Waals surface area contributed by atoms with Crippen LogP contribution < -0.4 is 16.5 Å². The smallest absolute Gasteiger partial charge is 0.265 e. The van der Waals surface area contributed by atoms with Gasteiger partial charge < -0.3 is 11.1 Å². The van der Waals surface area contributed by atoms with E-state index in [-0.39, 0.29) is 0 Å². The molecule has 2 atom stereocenters. The van der Waals surface area contributed by atoms with Crippen LogP contribution in [0.2, 0.25) is 0 Å². The van der Waals surface area contributed by atoms with Crippen LogP contribution in [0.4, 0.5) is 0 Å². The van der Waals surface area contributed by atoms with Crippen molar-refractivity contribution in [2.24, 2.45) is 5.73 Å². The van der Waals surface area contributed by atoms with Gasteiger partial charge in [0, 0.05) is 0 Å². The lowest BCUT2D eigenvalue weighted by Crippen LogP contribution is -2.51. The molecule has 0 saturated heterocycles. The first-order valence-corrected chi connectivity index (χ1v) is 8.00. The van der Waals surface area contributed by atoms with Crippen molar-refractivity contribution in [1.82, 2.24) is 10.8 Å². The van der Waals surface area contributed by atoms with E-state index < -0.39 is 23.9 Å². The molecule has 0 bridgehead atoms. The number of hydrogen-bond donors (Lipinski definition) is 4. The maximum absolute atomic E-state index is 12.0. The summed E-state index contributed by atoms with van der Waals surface area (Å²) in [6.07, 6.45) is 2.72. The second-order valence-electron chi connectivity index (χ2n) is 4.61. The molecular weight excluding hydrogens is 290 g/mol. The molecule has 0 aromatic heterocycles. The summed E-state index contributed by atoms with van der Waals surface area (Å²) in [5.41, 5.74) is 8.37. The van der Waals surface area contributed by atoms with Crippen molar-refractivity contribution in [2.45, 2.75) is 24.9 Å². The van der Waals surface area contributed by atoms with Crippen molar-refractivity contribution >= 4 is 23.6 Å². The minimum Gasteiger partial charge on any atom is -0.343 e. The lowest BCUT2D eigenvalue weighted by atomic mass is 10.1. The Bertz CT molecular complexity index is 456. The number of carbonyl (C=O) groups excluding carboxylic acids is 2. The van der Waals surface area contributed by atoms with Gasteiger partial charge in [-0.2, -0.15) is 11.8 Å². The zero-order valence-electron chi connectivity index (χ0n) is 11.9. The first-order chi connectivity index (χ1) is 10.1. The number of nitrogens with two attached hydrogens (primary N) is 1. The summed E-state index contributed by atoms with van der Waals surface area (Å²) >= 11 is 1.55. The van der Waals surface area contributed by atoms with E-state index in [1.807, 2.05) is 36.6 Å². The van der Waals surface area contributed by atoms with E-state index in [1.54, 1.807) is 17.2 Å². The van der Waals surface area contributed by atoms with Gasteiger partial charge in [-0.05, 0) is 30.4 Å². The van der Waals surface area contributed by atoms with Crippen molar-refractivity contribution in [3.8, 4) is 0 Å². The van der Waals surface area contributed by atoms with Crippen LogP contribution in [0.5, 0.6) is 0 Å². The molecule has 21 heavy (non-hydrogen) atoms. The monoisotopic (exact) mass is 311 g/mol. The first-order valence-electron chi connectivity index (χ1n) is 6.61. The number of thioether (sulfide) groups is 1. The van der Waals surface area contributed by atoms with E-state index in [4.69, 9.17) is 10.9 Å². The highest BCUT2D eigenvalue weighted by Gasteiger charge is 2.23. The van der Waals surface area contributed by atoms with Gasteiger partial charge in [0.05, 0.1) is 6.04 Å². The summed E-state index contributed by atoms with van der Waals surface area (Å²) < 4.78 is 0. The summed E-state index contributed by atoms with van der Waals surface area (Å²) in [6.45, 7) is 0. The molecule has 1 aromatic carbocycles. The highest BCUT2D eigenvalue weighted by Crippen LogP contribution is 2.04. The van der Waals surface area contributed by atoms with Crippen LogP contribution in [0.1, 0.15) is 12.0 Å². The molecule has 0 fully saturated rings. The van der Waals surface area contributed by atoms with E-state index in [0.29, 0.717) is 18.6 Å². The molecule has 2 unspecified atom stereocenters. The van der Waals surface area contributed by atoms with Crippen molar-refractivity contribution < 1.29 is 14.8 Å². The van der Waals surface area contributed by atoms with E-state index in [0.717, 1.165) is 5.56 Å². The number of rotatable bonds is 8. The van der Waals surface area contributed by atoms with Gasteiger partial charge in [-0.3, -0.25) is 14.8 Å². The summed E-state index contributed by atoms with van der Waals surface area (Å²) in [7, 11) is 0. The van der Waals surface area contributed by atoms with Crippen LogP contribution in [0.3, 0.4) is 0 Å². The summed E-state index contributed by atoms with van der Waals surface area (Å²) in [4.78, 5) is 23.5. The number of carbonyl (C=O) groups is 2. The third-order valence-corrected chi connectivity index (χ3v) is 3.63. The van der Waals surface area contributed by atoms with Crippen LogP contribution in [0.25, 0.3) is 0 Å². The molecule has 0 spiro atoms. The lowest BCUT2D eigenvalue weighted by Gasteiger charge is -2.19. The fraction of sp³-hybridized carbons (Fsp3) is 0.429. The average Bonchev–Trinajstić information content (AvgIpc) is 2.51. The summed E-state index contributed by atoms with van der Waals surface area (Å²) in [5.74, 6) is -0.357. The third-order valence-electron chi connectivity index (χ3n) is 2.99. The fourth-order valence-electron chi connectivity index (χ4n) is 1.82. The van der Waals surface area contributed by atoms with Crippen LogP contribution in [-0.2, 0) is 16.0 Å². The van der Waals surface area contributed by atoms with Crippen LogP contribution in [0, 0.1) is 0 Å². The summed E-state index contributed by atoms with van der Waals surface area (Å²) in [5, 5.41) is 11.3. The van der Waals surface area contributed by atoms with Crippen molar-refractivity contribution in [2.75, 3.05) is 12.0 Å². The third kappa shape index (κ3) is 6.16. The molecule has 0 aliphatic heterocycles. The largest absolute Gasteiger partial charge is 0.343 e. The molecule has 1 aromatic rings. The standard InChI is InChI=1S/C14H21N3O3S/c1-21-8-7-12(14(19)17-20)16-13(18)11(15)9-10-5-3-2-4-6-10/h2-6,11-12,20H,7-9,15H2,1H3,(H,16,18)(H,17,19). The number of hydroxylamine groups is 1. The zero-order valence-corrected chi connectivity index (χ0v) is 12.7. The van der Waals surface area contributed by atoms with Crippen molar-refractivity contribution in [3.05, 3.63) is 35.9 Å². The minimum atomic E-state index is -0.781. The second kappa shape index (κ2) is 9.38.